The number of carbonyl (C=O) groups excluding carboxylic acids is 2. The molecule has 0 bridgehead atoms. The first-order chi connectivity index (χ1) is 13.7. The second-order valence-corrected chi connectivity index (χ2v) is 8.39. The molecule has 0 spiro atoms. The van der Waals surface area contributed by atoms with Gasteiger partial charge >= 0.3 is 0 Å². The summed E-state index contributed by atoms with van der Waals surface area (Å²) in [6.07, 6.45) is 6.16. The molecule has 3 aromatic rings. The predicted molar refractivity (Wildman–Crippen MR) is 108 cm³/mol. The number of anilines is 1. The van der Waals surface area contributed by atoms with Crippen molar-refractivity contribution in [3.05, 3.63) is 50.7 Å². The van der Waals surface area contributed by atoms with E-state index in [2.05, 4.69) is 20.2 Å². The number of fused-ring (bicyclic) bond motifs is 1. The van der Waals surface area contributed by atoms with E-state index in [9.17, 15) is 9.59 Å². The lowest BCUT2D eigenvalue weighted by Gasteiger charge is -2.13. The quantitative estimate of drug-likeness (QED) is 0.637. The highest BCUT2D eigenvalue weighted by Crippen LogP contribution is 2.38. The van der Waals surface area contributed by atoms with Gasteiger partial charge in [-0.2, -0.15) is 0 Å². The van der Waals surface area contributed by atoms with Gasteiger partial charge < -0.3 is 15.1 Å². The molecule has 2 N–H and O–H groups in total. The van der Waals surface area contributed by atoms with Crippen LogP contribution in [0.1, 0.15) is 61.7 Å². The molecule has 0 saturated carbocycles. The molecule has 0 radical (unpaired) electrons. The molecular weight excluding hydrogens is 396 g/mol. The van der Waals surface area contributed by atoms with Crippen LogP contribution in [0.5, 0.6) is 0 Å². The van der Waals surface area contributed by atoms with Gasteiger partial charge in [0, 0.05) is 4.88 Å². The smallest absolute Gasteiger partial charge is 0.269 e. The summed E-state index contributed by atoms with van der Waals surface area (Å²) in [7, 11) is 0. The minimum Gasteiger partial charge on any atom is -0.467 e. The Labute approximate surface area is 170 Å². The molecule has 3 aromatic heterocycles. The molecule has 4 rings (SSSR count). The van der Waals surface area contributed by atoms with Crippen LogP contribution < -0.4 is 10.6 Å². The summed E-state index contributed by atoms with van der Waals surface area (Å²) in [6, 6.07) is 3.60. The molecule has 28 heavy (non-hydrogen) atoms. The summed E-state index contributed by atoms with van der Waals surface area (Å²) >= 11 is 2.58. The number of aromatic nitrogens is 2. The van der Waals surface area contributed by atoms with Gasteiger partial charge in [-0.05, 0) is 61.3 Å². The molecule has 9 heteroatoms. The van der Waals surface area contributed by atoms with E-state index in [0.717, 1.165) is 42.8 Å². The van der Waals surface area contributed by atoms with Crippen molar-refractivity contribution in [2.24, 2.45) is 0 Å². The van der Waals surface area contributed by atoms with E-state index < -0.39 is 0 Å². The maximum Gasteiger partial charge on any atom is 0.269 e. The summed E-state index contributed by atoms with van der Waals surface area (Å²) in [5.41, 5.74) is 2.31. The van der Waals surface area contributed by atoms with Crippen molar-refractivity contribution in [1.29, 1.82) is 0 Å². The Balaban J connectivity index is 1.60. The number of nitrogens with one attached hydrogen (secondary N) is 2. The zero-order valence-electron chi connectivity index (χ0n) is 15.4. The Morgan fingerprint density at radius 2 is 2.11 bits per heavy atom. The van der Waals surface area contributed by atoms with Gasteiger partial charge in [0.05, 0.1) is 24.1 Å². The summed E-state index contributed by atoms with van der Waals surface area (Å²) < 4.78 is 9.17. The zero-order valence-corrected chi connectivity index (χ0v) is 17.0. The van der Waals surface area contributed by atoms with Gasteiger partial charge in [0.15, 0.2) is 0 Å². The second kappa shape index (κ2) is 8.24. The number of hydrogen-bond acceptors (Lipinski definition) is 7. The van der Waals surface area contributed by atoms with Crippen molar-refractivity contribution in [2.45, 2.75) is 45.6 Å². The van der Waals surface area contributed by atoms with Crippen LogP contribution in [0, 0.1) is 0 Å². The van der Waals surface area contributed by atoms with Crippen molar-refractivity contribution in [3.8, 4) is 0 Å². The SMILES string of the molecule is CCc1nnsc1C(=O)Nc1sc2c(c1C(=O)NCc1ccco1)CCCC2. The normalized spacial score (nSPS) is 13.2. The van der Waals surface area contributed by atoms with Gasteiger partial charge in [-0.15, -0.1) is 16.4 Å². The molecule has 2 amide bonds. The molecule has 1 aliphatic rings. The fourth-order valence-corrected chi connectivity index (χ4v) is 5.26. The minimum absolute atomic E-state index is 0.191. The number of furan rings is 1. The molecule has 0 unspecified atom stereocenters. The summed E-state index contributed by atoms with van der Waals surface area (Å²) in [4.78, 5) is 27.4. The first-order valence-corrected chi connectivity index (χ1v) is 10.8. The Morgan fingerprint density at radius 1 is 1.25 bits per heavy atom. The summed E-state index contributed by atoms with van der Waals surface area (Å²) in [5.74, 6) is 0.237. The molecule has 0 aromatic carbocycles. The van der Waals surface area contributed by atoms with Gasteiger partial charge in [0.2, 0.25) is 0 Å². The van der Waals surface area contributed by atoms with E-state index in [1.165, 1.54) is 16.2 Å². The largest absolute Gasteiger partial charge is 0.467 e. The van der Waals surface area contributed by atoms with E-state index in [1.807, 2.05) is 13.0 Å². The summed E-state index contributed by atoms with van der Waals surface area (Å²) in [6.45, 7) is 2.24. The molecule has 0 atom stereocenters. The molecule has 0 aliphatic heterocycles. The molecule has 0 fully saturated rings. The second-order valence-electron chi connectivity index (χ2n) is 6.53. The van der Waals surface area contributed by atoms with Crippen LogP contribution in [0.25, 0.3) is 0 Å². The third-order valence-corrected chi connectivity index (χ3v) is 6.70. The molecule has 146 valence electrons. The molecule has 1 aliphatic carbocycles. The molecule has 0 saturated heterocycles. The lowest BCUT2D eigenvalue weighted by Crippen LogP contribution is -2.25. The highest BCUT2D eigenvalue weighted by Gasteiger charge is 2.27. The van der Waals surface area contributed by atoms with E-state index in [-0.39, 0.29) is 11.8 Å². The molecule has 7 nitrogen and oxygen atoms in total. The number of thiophene rings is 1. The topological polar surface area (TPSA) is 97.1 Å². The van der Waals surface area contributed by atoms with Crippen LogP contribution in [0.4, 0.5) is 5.00 Å². The number of amides is 2. The monoisotopic (exact) mass is 416 g/mol. The van der Waals surface area contributed by atoms with Gasteiger partial charge in [-0.25, -0.2) is 0 Å². The Bertz CT molecular complexity index is 991. The van der Waals surface area contributed by atoms with Crippen LogP contribution in [0.2, 0.25) is 0 Å². The zero-order chi connectivity index (χ0) is 19.5. The highest BCUT2D eigenvalue weighted by molar-refractivity contribution is 7.17. The van der Waals surface area contributed by atoms with Crippen LogP contribution >= 0.6 is 22.9 Å². The van der Waals surface area contributed by atoms with Crippen LogP contribution in [0.15, 0.2) is 22.8 Å². The molecule has 3 heterocycles. The predicted octanol–water partition coefficient (Wildman–Crippen LogP) is 3.82. The van der Waals surface area contributed by atoms with Crippen LogP contribution in [-0.4, -0.2) is 21.4 Å². The van der Waals surface area contributed by atoms with Crippen molar-refractivity contribution in [2.75, 3.05) is 5.32 Å². The lowest BCUT2D eigenvalue weighted by molar-refractivity contribution is 0.0948. The van der Waals surface area contributed by atoms with E-state index in [0.29, 0.717) is 39.9 Å². The third-order valence-electron chi connectivity index (χ3n) is 4.73. The maximum atomic E-state index is 13.0. The van der Waals surface area contributed by atoms with E-state index in [4.69, 9.17) is 4.42 Å². The minimum atomic E-state index is -0.259. The fraction of sp³-hybridized carbons (Fsp3) is 0.368. The van der Waals surface area contributed by atoms with Gasteiger partial charge in [0.25, 0.3) is 11.8 Å². The Hall–Kier alpha value is -2.52. The first kappa shape index (κ1) is 18.8. The Kier molecular flexibility index (Phi) is 5.54. The maximum absolute atomic E-state index is 13.0. The number of hydrogen-bond donors (Lipinski definition) is 2. The van der Waals surface area contributed by atoms with Crippen molar-refractivity contribution in [1.82, 2.24) is 14.9 Å². The van der Waals surface area contributed by atoms with Crippen molar-refractivity contribution >= 4 is 39.7 Å². The van der Waals surface area contributed by atoms with Crippen LogP contribution in [0.3, 0.4) is 0 Å². The number of nitrogens with zero attached hydrogens (tertiary/aromatic N) is 2. The summed E-state index contributed by atoms with van der Waals surface area (Å²) in [5, 5.41) is 10.5. The number of aryl methyl sites for hydroxylation is 2. The van der Waals surface area contributed by atoms with Gasteiger partial charge in [-0.1, -0.05) is 11.4 Å². The number of carbonyl (C=O) groups is 2. The lowest BCUT2D eigenvalue weighted by atomic mass is 9.95. The third kappa shape index (κ3) is 3.72. The standard InChI is InChI=1S/C19H20N4O3S2/c1-2-13-16(28-23-22-13)18(25)21-19-15(12-7-3-4-8-14(12)27-19)17(24)20-10-11-6-5-9-26-11/h5-6,9H,2-4,7-8,10H2,1H3,(H,20,24)(H,21,25). The van der Waals surface area contributed by atoms with Gasteiger partial charge in [0.1, 0.15) is 15.6 Å². The average Bonchev–Trinajstić information content (AvgIpc) is 3.44. The van der Waals surface area contributed by atoms with Crippen molar-refractivity contribution < 1.29 is 14.0 Å². The van der Waals surface area contributed by atoms with Crippen molar-refractivity contribution in [3.63, 3.8) is 0 Å². The average molecular weight is 417 g/mol. The van der Waals surface area contributed by atoms with Gasteiger partial charge in [-0.3, -0.25) is 9.59 Å². The van der Waals surface area contributed by atoms with E-state index >= 15 is 0 Å². The van der Waals surface area contributed by atoms with E-state index in [1.54, 1.807) is 12.3 Å². The number of rotatable bonds is 6. The molecular formula is C19H20N4O3S2. The first-order valence-electron chi connectivity index (χ1n) is 9.25. The highest BCUT2D eigenvalue weighted by atomic mass is 32.1. The fourth-order valence-electron chi connectivity index (χ4n) is 3.34. The Morgan fingerprint density at radius 3 is 2.89 bits per heavy atom. The van der Waals surface area contributed by atoms with Crippen LogP contribution in [-0.2, 0) is 25.8 Å².